The second-order valence-electron chi connectivity index (χ2n) is 4.49. The van der Waals surface area contributed by atoms with E-state index in [2.05, 4.69) is 21.8 Å². The average molecular weight is 298 g/mol. The minimum atomic E-state index is 0.0972. The molecule has 1 aromatic heterocycles. The molecule has 0 amide bonds. The third-order valence-corrected chi connectivity index (χ3v) is 3.58. The summed E-state index contributed by atoms with van der Waals surface area (Å²) in [7, 11) is 0. The number of nitrogens with one attached hydrogen (secondary N) is 1. The Morgan fingerprint density at radius 1 is 1.37 bits per heavy atom. The molecule has 0 radical (unpaired) electrons. The van der Waals surface area contributed by atoms with Gasteiger partial charge in [-0.1, -0.05) is 29.3 Å². The van der Waals surface area contributed by atoms with Crippen LogP contribution < -0.4 is 5.32 Å². The van der Waals surface area contributed by atoms with Crippen LogP contribution in [0.3, 0.4) is 0 Å². The molecule has 1 N–H and O–H groups in total. The van der Waals surface area contributed by atoms with E-state index in [0.717, 1.165) is 23.8 Å². The molecule has 2 rings (SSSR count). The predicted octanol–water partition coefficient (Wildman–Crippen LogP) is 4.54. The second kappa shape index (κ2) is 5.85. The fraction of sp³-hybridized carbons (Fsp3) is 0.357. The maximum Gasteiger partial charge on any atom is 0.203 e. The molecule has 1 heterocycles. The van der Waals surface area contributed by atoms with Crippen LogP contribution in [-0.4, -0.2) is 16.1 Å². The maximum atomic E-state index is 6.27. The Hall–Kier alpha value is -1.19. The van der Waals surface area contributed by atoms with Gasteiger partial charge in [0.15, 0.2) is 0 Å². The molecule has 102 valence electrons. The van der Waals surface area contributed by atoms with Crippen molar-refractivity contribution >= 4 is 29.2 Å². The molecule has 0 saturated carbocycles. The van der Waals surface area contributed by atoms with E-state index in [-0.39, 0.29) is 6.04 Å². The second-order valence-corrected chi connectivity index (χ2v) is 5.33. The summed E-state index contributed by atoms with van der Waals surface area (Å²) >= 11 is 12.2. The number of aromatic nitrogens is 2. The maximum absolute atomic E-state index is 6.27. The fourth-order valence-corrected chi connectivity index (χ4v) is 2.66. The Kier molecular flexibility index (Phi) is 4.38. The predicted molar refractivity (Wildman–Crippen MR) is 81.4 cm³/mol. The minimum absolute atomic E-state index is 0.0972. The number of nitrogens with zero attached hydrogens (tertiary/aromatic N) is 2. The van der Waals surface area contributed by atoms with E-state index in [1.165, 1.54) is 0 Å². The molecule has 0 fully saturated rings. The highest BCUT2D eigenvalue weighted by atomic mass is 35.5. The van der Waals surface area contributed by atoms with Crippen LogP contribution in [0.4, 0.5) is 5.95 Å². The molecule has 5 heteroatoms. The quantitative estimate of drug-likeness (QED) is 0.898. The number of halogens is 2. The summed E-state index contributed by atoms with van der Waals surface area (Å²) < 4.78 is 2.09. The highest BCUT2D eigenvalue weighted by Crippen LogP contribution is 2.30. The molecule has 0 spiro atoms. The normalized spacial score (nSPS) is 12.5. The van der Waals surface area contributed by atoms with Crippen LogP contribution in [0, 0.1) is 6.92 Å². The van der Waals surface area contributed by atoms with Gasteiger partial charge < -0.3 is 9.88 Å². The van der Waals surface area contributed by atoms with Gasteiger partial charge in [-0.2, -0.15) is 0 Å². The lowest BCUT2D eigenvalue weighted by atomic mass is 10.1. The molecule has 0 saturated heterocycles. The van der Waals surface area contributed by atoms with E-state index in [0.29, 0.717) is 10.0 Å². The van der Waals surface area contributed by atoms with Gasteiger partial charge in [-0.3, -0.25) is 0 Å². The van der Waals surface area contributed by atoms with Crippen LogP contribution in [0.2, 0.25) is 10.0 Å². The molecule has 1 unspecified atom stereocenters. The Morgan fingerprint density at radius 3 is 2.74 bits per heavy atom. The molecule has 2 aromatic rings. The summed E-state index contributed by atoms with van der Waals surface area (Å²) in [5, 5.41) is 4.58. The molecule has 19 heavy (non-hydrogen) atoms. The largest absolute Gasteiger partial charge is 0.356 e. The van der Waals surface area contributed by atoms with Crippen molar-refractivity contribution in [3.05, 3.63) is 45.7 Å². The lowest BCUT2D eigenvalue weighted by Crippen LogP contribution is -2.11. The Bertz CT molecular complexity index is 578. The van der Waals surface area contributed by atoms with Gasteiger partial charge >= 0.3 is 0 Å². The van der Waals surface area contributed by atoms with Crippen molar-refractivity contribution in [1.82, 2.24) is 9.55 Å². The van der Waals surface area contributed by atoms with Crippen LogP contribution in [0.1, 0.15) is 31.1 Å². The highest BCUT2D eigenvalue weighted by Gasteiger charge is 2.16. The molecule has 0 aliphatic rings. The van der Waals surface area contributed by atoms with Crippen molar-refractivity contribution in [2.45, 2.75) is 26.8 Å². The number of imidazole rings is 1. The van der Waals surface area contributed by atoms with Crippen molar-refractivity contribution in [1.29, 1.82) is 0 Å². The summed E-state index contributed by atoms with van der Waals surface area (Å²) in [6, 6.07) is 5.68. The third kappa shape index (κ3) is 3.04. The van der Waals surface area contributed by atoms with Gasteiger partial charge in [0, 0.05) is 22.8 Å². The third-order valence-electron chi connectivity index (χ3n) is 3.02. The first-order valence-corrected chi connectivity index (χ1v) is 7.02. The van der Waals surface area contributed by atoms with Gasteiger partial charge in [0.2, 0.25) is 5.95 Å². The molecule has 0 aliphatic carbocycles. The highest BCUT2D eigenvalue weighted by molar-refractivity contribution is 6.35. The number of hydrogen-bond donors (Lipinski definition) is 1. The first kappa shape index (κ1) is 14.2. The average Bonchev–Trinajstić information content (AvgIpc) is 2.70. The first-order valence-electron chi connectivity index (χ1n) is 6.27. The van der Waals surface area contributed by atoms with Crippen LogP contribution in [-0.2, 0) is 0 Å². The molecular weight excluding hydrogens is 281 g/mol. The van der Waals surface area contributed by atoms with E-state index in [4.69, 9.17) is 23.2 Å². The van der Waals surface area contributed by atoms with Gasteiger partial charge in [-0.15, -0.1) is 0 Å². The summed E-state index contributed by atoms with van der Waals surface area (Å²) in [6.07, 6.45) is 2.02. The Labute approximate surface area is 123 Å². The van der Waals surface area contributed by atoms with Gasteiger partial charge in [0.25, 0.3) is 0 Å². The molecule has 0 aliphatic heterocycles. The number of aryl methyl sites for hydroxylation is 1. The standard InChI is InChI=1S/C14H17Cl2N3/c1-4-17-14-18-9(2)8-19(14)10(3)12-6-5-11(15)7-13(12)16/h5-8,10H,4H2,1-3H3,(H,17,18). The topological polar surface area (TPSA) is 29.9 Å². The Balaban J connectivity index is 2.40. The number of anilines is 1. The van der Waals surface area contributed by atoms with E-state index in [9.17, 15) is 0 Å². The Morgan fingerprint density at radius 2 is 2.11 bits per heavy atom. The minimum Gasteiger partial charge on any atom is -0.356 e. The monoisotopic (exact) mass is 297 g/mol. The summed E-state index contributed by atoms with van der Waals surface area (Å²) in [6.45, 7) is 6.95. The van der Waals surface area contributed by atoms with Gasteiger partial charge in [0.05, 0.1) is 11.7 Å². The molecular formula is C14H17Cl2N3. The summed E-state index contributed by atoms with van der Waals surface area (Å²) in [5.74, 6) is 0.860. The fourth-order valence-electron chi connectivity index (χ4n) is 2.09. The zero-order chi connectivity index (χ0) is 14.0. The van der Waals surface area contributed by atoms with Crippen LogP contribution >= 0.6 is 23.2 Å². The summed E-state index contributed by atoms with van der Waals surface area (Å²) in [5.41, 5.74) is 2.01. The van der Waals surface area contributed by atoms with Gasteiger partial charge in [-0.25, -0.2) is 4.98 Å². The van der Waals surface area contributed by atoms with Crippen molar-refractivity contribution in [2.24, 2.45) is 0 Å². The molecule has 3 nitrogen and oxygen atoms in total. The van der Waals surface area contributed by atoms with Crippen molar-refractivity contribution < 1.29 is 0 Å². The van der Waals surface area contributed by atoms with E-state index < -0.39 is 0 Å². The number of hydrogen-bond acceptors (Lipinski definition) is 2. The van der Waals surface area contributed by atoms with E-state index in [1.54, 1.807) is 6.07 Å². The van der Waals surface area contributed by atoms with Crippen molar-refractivity contribution in [3.63, 3.8) is 0 Å². The van der Waals surface area contributed by atoms with E-state index in [1.807, 2.05) is 32.2 Å². The smallest absolute Gasteiger partial charge is 0.203 e. The zero-order valence-electron chi connectivity index (χ0n) is 11.2. The van der Waals surface area contributed by atoms with Crippen molar-refractivity contribution in [2.75, 3.05) is 11.9 Å². The van der Waals surface area contributed by atoms with Gasteiger partial charge in [-0.05, 0) is 38.5 Å². The summed E-state index contributed by atoms with van der Waals surface area (Å²) in [4.78, 5) is 4.48. The van der Waals surface area contributed by atoms with Crippen molar-refractivity contribution in [3.8, 4) is 0 Å². The first-order chi connectivity index (χ1) is 9.02. The number of benzene rings is 1. The van der Waals surface area contributed by atoms with Crippen LogP contribution in [0.5, 0.6) is 0 Å². The lowest BCUT2D eigenvalue weighted by molar-refractivity contribution is 0.644. The SMILES string of the molecule is CCNc1nc(C)cn1C(C)c1ccc(Cl)cc1Cl. The van der Waals surface area contributed by atoms with Gasteiger partial charge in [0.1, 0.15) is 0 Å². The van der Waals surface area contributed by atoms with E-state index >= 15 is 0 Å². The van der Waals surface area contributed by atoms with Crippen LogP contribution in [0.25, 0.3) is 0 Å². The number of rotatable bonds is 4. The lowest BCUT2D eigenvalue weighted by Gasteiger charge is -2.18. The molecule has 1 atom stereocenters. The molecule has 1 aromatic carbocycles. The molecule has 0 bridgehead atoms. The van der Waals surface area contributed by atoms with Crippen LogP contribution in [0.15, 0.2) is 24.4 Å². The zero-order valence-corrected chi connectivity index (χ0v) is 12.8.